The van der Waals surface area contributed by atoms with Crippen LogP contribution in [0.25, 0.3) is 0 Å². The summed E-state index contributed by atoms with van der Waals surface area (Å²) in [5.41, 5.74) is 1.44. The molecule has 0 aliphatic rings. The molecule has 0 radical (unpaired) electrons. The SMILES string of the molecule is C[N+](C)(CCCCCC(=O)NCCC[Si](O[Si](C)(C)C)(O[Si](C)(C)C)O[Si](C)(C)C)Cc1ccc(C(=O)O)cc1.[Br-]. The van der Waals surface area contributed by atoms with E-state index in [9.17, 15) is 9.59 Å². The van der Waals surface area contributed by atoms with Crippen LogP contribution in [-0.2, 0) is 23.7 Å². The second-order valence-corrected chi connectivity index (χ2v) is 31.4. The number of rotatable bonds is 19. The van der Waals surface area contributed by atoms with E-state index in [1.165, 1.54) is 0 Å². The molecule has 8 nitrogen and oxygen atoms in total. The molecule has 0 saturated heterocycles. The summed E-state index contributed by atoms with van der Waals surface area (Å²) in [5.74, 6) is -0.801. The van der Waals surface area contributed by atoms with Gasteiger partial charge in [0.05, 0.1) is 26.2 Å². The van der Waals surface area contributed by atoms with Gasteiger partial charge >= 0.3 is 14.8 Å². The molecule has 41 heavy (non-hydrogen) atoms. The molecular weight excluding hydrogens is 653 g/mol. The number of quaternary nitrogens is 1. The summed E-state index contributed by atoms with van der Waals surface area (Å²) in [4.78, 5) is 23.6. The standard InChI is InChI=1S/C28H56N2O6Si4.BrH/c1-30(2,24-25-17-19-26(20-18-25)28(32)33)22-14-12-13-16-27(31)29-21-15-23-40(34-37(3,4)5,35-38(6,7)8)36-39(9,10)11;/h17-20H,12-16,21-24H2,1-11H3,(H-,29,31,32,33);1H. The topological polar surface area (TPSA) is 94.1 Å². The van der Waals surface area contributed by atoms with E-state index >= 15 is 0 Å². The maximum atomic E-state index is 12.5. The van der Waals surface area contributed by atoms with Crippen molar-refractivity contribution in [2.75, 3.05) is 27.2 Å². The number of halogens is 1. The quantitative estimate of drug-likeness (QED) is 0.130. The zero-order chi connectivity index (χ0) is 30.8. The van der Waals surface area contributed by atoms with E-state index in [0.29, 0.717) is 18.5 Å². The Hall–Kier alpha value is -0.652. The lowest BCUT2D eigenvalue weighted by Gasteiger charge is -2.43. The van der Waals surface area contributed by atoms with Crippen LogP contribution in [0, 0.1) is 0 Å². The molecule has 0 saturated carbocycles. The second-order valence-electron chi connectivity index (χ2n) is 14.4. The van der Waals surface area contributed by atoms with Gasteiger partial charge in [-0.25, -0.2) is 4.79 Å². The number of benzene rings is 1. The highest BCUT2D eigenvalue weighted by Crippen LogP contribution is 2.29. The molecule has 0 aliphatic carbocycles. The smallest absolute Gasteiger partial charge is 0.469 e. The molecule has 0 atom stereocenters. The third-order valence-corrected chi connectivity index (χ3v) is 17.9. The van der Waals surface area contributed by atoms with E-state index in [1.54, 1.807) is 12.1 Å². The molecule has 0 bridgehead atoms. The number of carboxylic acid groups (broad SMARTS) is 1. The summed E-state index contributed by atoms with van der Waals surface area (Å²) in [5, 5.41) is 12.2. The Labute approximate surface area is 264 Å². The molecular formula is C28H57BrN2O6Si4. The Balaban J connectivity index is 0.0000160. The monoisotopic (exact) mass is 708 g/mol. The third-order valence-electron chi connectivity index (χ3n) is 5.85. The molecule has 0 fully saturated rings. The molecule has 0 spiro atoms. The highest BCUT2D eigenvalue weighted by atomic mass is 79.9. The van der Waals surface area contributed by atoms with E-state index in [2.05, 4.69) is 78.3 Å². The second kappa shape index (κ2) is 17.0. The molecule has 13 heteroatoms. The first kappa shape index (κ1) is 40.3. The predicted molar refractivity (Wildman–Crippen MR) is 174 cm³/mol. The van der Waals surface area contributed by atoms with Crippen molar-refractivity contribution in [3.63, 3.8) is 0 Å². The maximum Gasteiger partial charge on any atom is 0.469 e. The van der Waals surface area contributed by atoms with Crippen molar-refractivity contribution in [3.05, 3.63) is 35.4 Å². The first-order valence-corrected chi connectivity index (χ1v) is 26.8. The van der Waals surface area contributed by atoms with Gasteiger partial charge in [0.1, 0.15) is 6.54 Å². The van der Waals surface area contributed by atoms with Crippen LogP contribution in [0.3, 0.4) is 0 Å². The highest BCUT2D eigenvalue weighted by molar-refractivity contribution is 6.90. The lowest BCUT2D eigenvalue weighted by Crippen LogP contribution is -3.00. The van der Waals surface area contributed by atoms with Crippen LogP contribution < -0.4 is 22.3 Å². The normalized spacial score (nSPS) is 13.0. The van der Waals surface area contributed by atoms with Gasteiger partial charge in [0, 0.05) is 24.6 Å². The summed E-state index contributed by atoms with van der Waals surface area (Å²) >= 11 is 0. The lowest BCUT2D eigenvalue weighted by molar-refractivity contribution is -0.903. The van der Waals surface area contributed by atoms with Crippen LogP contribution in [0.4, 0.5) is 0 Å². The van der Waals surface area contributed by atoms with Crippen LogP contribution in [0.5, 0.6) is 0 Å². The third kappa shape index (κ3) is 19.3. The molecule has 1 aromatic carbocycles. The van der Waals surface area contributed by atoms with Gasteiger partial charge in [0.15, 0.2) is 25.0 Å². The van der Waals surface area contributed by atoms with E-state index in [4.69, 9.17) is 17.5 Å². The van der Waals surface area contributed by atoms with Gasteiger partial charge in [-0.2, -0.15) is 0 Å². The zero-order valence-corrected chi connectivity index (χ0v) is 33.1. The molecule has 2 N–H and O–H groups in total. The van der Waals surface area contributed by atoms with Gasteiger partial charge in [-0.1, -0.05) is 12.1 Å². The number of aromatic carboxylic acids is 1. The molecule has 1 rings (SSSR count). The minimum absolute atomic E-state index is 0. The van der Waals surface area contributed by atoms with E-state index in [1.807, 2.05) is 12.1 Å². The van der Waals surface area contributed by atoms with Gasteiger partial charge in [-0.3, -0.25) is 4.79 Å². The van der Waals surface area contributed by atoms with E-state index in [0.717, 1.165) is 54.9 Å². The van der Waals surface area contributed by atoms with Gasteiger partial charge in [-0.05, 0) is 96.7 Å². The predicted octanol–water partition coefficient (Wildman–Crippen LogP) is 3.53. The molecule has 1 aromatic rings. The van der Waals surface area contributed by atoms with Crippen molar-refractivity contribution in [1.82, 2.24) is 5.32 Å². The van der Waals surface area contributed by atoms with Crippen LogP contribution in [0.1, 0.15) is 48.0 Å². The van der Waals surface area contributed by atoms with Crippen molar-refractivity contribution >= 4 is 45.6 Å². The first-order valence-electron chi connectivity index (χ1n) is 14.6. The number of carbonyl (C=O) groups excluding carboxylic acids is 1. The number of carbonyl (C=O) groups is 2. The van der Waals surface area contributed by atoms with Crippen molar-refractivity contribution in [2.24, 2.45) is 0 Å². The Bertz CT molecular complexity index is 904. The van der Waals surface area contributed by atoms with Crippen LogP contribution in [0.2, 0.25) is 65.0 Å². The van der Waals surface area contributed by atoms with Crippen LogP contribution in [-0.4, -0.2) is 82.4 Å². The molecule has 0 aromatic heterocycles. The summed E-state index contributed by atoms with van der Waals surface area (Å²) in [7, 11) is -4.18. The van der Waals surface area contributed by atoms with Crippen molar-refractivity contribution in [1.29, 1.82) is 0 Å². The Morgan fingerprint density at radius 3 is 1.71 bits per heavy atom. The summed E-state index contributed by atoms with van der Waals surface area (Å²) in [6, 6.07) is 7.85. The molecule has 0 aliphatic heterocycles. The van der Waals surface area contributed by atoms with Crippen LogP contribution >= 0.6 is 0 Å². The Morgan fingerprint density at radius 2 is 1.27 bits per heavy atom. The van der Waals surface area contributed by atoms with Gasteiger partial charge in [-0.15, -0.1) is 0 Å². The first-order chi connectivity index (χ1) is 18.1. The van der Waals surface area contributed by atoms with Gasteiger partial charge in [0.2, 0.25) is 5.91 Å². The number of nitrogens with zero attached hydrogens (tertiary/aromatic N) is 1. The van der Waals surface area contributed by atoms with Crippen molar-refractivity contribution in [2.45, 2.75) is 104 Å². The average molecular weight is 710 g/mol. The minimum Gasteiger partial charge on any atom is -1.00 e. The summed E-state index contributed by atoms with van der Waals surface area (Å²) < 4.78 is 21.0. The summed E-state index contributed by atoms with van der Waals surface area (Å²) in [6.07, 6.45) is 4.23. The van der Waals surface area contributed by atoms with E-state index < -0.39 is 39.7 Å². The van der Waals surface area contributed by atoms with Gasteiger partial charge < -0.3 is 44.2 Å². The molecule has 0 heterocycles. The molecule has 0 unspecified atom stereocenters. The van der Waals surface area contributed by atoms with Crippen molar-refractivity contribution < 1.29 is 48.5 Å². The fourth-order valence-electron chi connectivity index (χ4n) is 4.56. The Kier molecular flexibility index (Phi) is 16.7. The number of hydrogen-bond acceptors (Lipinski definition) is 5. The zero-order valence-electron chi connectivity index (χ0n) is 27.5. The van der Waals surface area contributed by atoms with E-state index in [-0.39, 0.29) is 22.9 Å². The highest BCUT2D eigenvalue weighted by Gasteiger charge is 2.49. The number of unbranched alkanes of at least 4 members (excludes halogenated alkanes) is 2. The largest absolute Gasteiger partial charge is 1.00 e. The van der Waals surface area contributed by atoms with Crippen LogP contribution in [0.15, 0.2) is 24.3 Å². The lowest BCUT2D eigenvalue weighted by atomic mass is 10.1. The van der Waals surface area contributed by atoms with Gasteiger partial charge in [0.25, 0.3) is 0 Å². The van der Waals surface area contributed by atoms with Crippen molar-refractivity contribution in [3.8, 4) is 0 Å². The summed E-state index contributed by atoms with van der Waals surface area (Å²) in [6.45, 7) is 22.2. The molecule has 238 valence electrons. The maximum absolute atomic E-state index is 12.5. The number of carboxylic acids is 1. The number of nitrogens with one attached hydrogen (secondary N) is 1. The average Bonchev–Trinajstić information content (AvgIpc) is 2.73. The Morgan fingerprint density at radius 1 is 0.780 bits per heavy atom. The fraction of sp³-hybridized carbons (Fsp3) is 0.714. The minimum atomic E-state index is -2.86. The fourth-order valence-corrected chi connectivity index (χ4v) is 19.2. The molecule has 1 amide bonds. The number of amides is 1. The number of hydrogen-bond donors (Lipinski definition) is 2.